The molecular weight excluding hydrogens is 778 g/mol. The molecule has 2 amide bonds. The highest BCUT2D eigenvalue weighted by atomic mass is 35.5. The number of aromatic nitrogens is 6. The Hall–Kier alpha value is -6.46. The van der Waals surface area contributed by atoms with Crippen LogP contribution in [0, 0.1) is 22.2 Å². The highest BCUT2D eigenvalue weighted by Crippen LogP contribution is 2.55. The smallest absolute Gasteiger partial charge is 0.254 e. The number of nitrogens with zero attached hydrogens (tertiary/aromatic N) is 8. The Balaban J connectivity index is 0.933. The van der Waals surface area contributed by atoms with E-state index in [-0.39, 0.29) is 30.0 Å². The summed E-state index contributed by atoms with van der Waals surface area (Å²) < 4.78 is 10.2. The highest BCUT2D eigenvalue weighted by molar-refractivity contribution is 6.31. The molecule has 4 heterocycles. The molecule has 3 N–H and O–H groups in total. The molecule has 14 nitrogen and oxygen atoms in total. The van der Waals surface area contributed by atoms with Crippen LogP contribution in [0.25, 0.3) is 33.3 Å². The minimum atomic E-state index is -0.404. The molecule has 15 heteroatoms. The van der Waals surface area contributed by atoms with E-state index in [1.54, 1.807) is 35.3 Å². The largest absolute Gasteiger partial charge is 0.489 e. The summed E-state index contributed by atoms with van der Waals surface area (Å²) in [5.41, 5.74) is 6.40. The molecule has 0 saturated heterocycles. The van der Waals surface area contributed by atoms with E-state index in [1.165, 1.54) is 0 Å². The fourth-order valence-electron chi connectivity index (χ4n) is 9.11. The number of hydrogen-bond acceptors (Lipinski definition) is 10. The second-order valence-corrected chi connectivity index (χ2v) is 17.5. The number of nitriles is 1. The van der Waals surface area contributed by atoms with Crippen LogP contribution < -0.4 is 25.6 Å². The van der Waals surface area contributed by atoms with Gasteiger partial charge in [0.25, 0.3) is 5.91 Å². The van der Waals surface area contributed by atoms with Gasteiger partial charge in [-0.15, -0.1) is 0 Å². The molecule has 308 valence electrons. The lowest BCUT2D eigenvalue weighted by Crippen LogP contribution is -2.74. The van der Waals surface area contributed by atoms with Crippen molar-refractivity contribution < 1.29 is 14.3 Å². The molecule has 1 fully saturated rings. The first-order chi connectivity index (χ1) is 28.6. The maximum absolute atomic E-state index is 13.5. The highest BCUT2D eigenvalue weighted by Gasteiger charge is 2.64. The summed E-state index contributed by atoms with van der Waals surface area (Å²) in [5.74, 6) is 0.824. The molecule has 0 bridgehead atoms. The SMILES string of the molecule is C[C@@H]1CC(=O)Nc2cccc(-c3ccc4c(c3)c(-c3cnn(C)c3)nn4CCCN(C)c3ncc(C(=O)NC4C(C)(C)C(Oc5ccc(C#N)c(Cl)c5)C4(C)C)cn3)c2N1. The van der Waals surface area contributed by atoms with Gasteiger partial charge >= 0.3 is 0 Å². The first-order valence-electron chi connectivity index (χ1n) is 20.0. The number of ether oxygens (including phenoxy) is 1. The zero-order chi connectivity index (χ0) is 42.5. The van der Waals surface area contributed by atoms with Crippen LogP contribution in [-0.2, 0) is 18.4 Å². The van der Waals surface area contributed by atoms with Crippen molar-refractivity contribution >= 4 is 51.6 Å². The average molecular weight is 826 g/mol. The molecule has 1 saturated carbocycles. The Morgan fingerprint density at radius 3 is 2.53 bits per heavy atom. The second kappa shape index (κ2) is 15.6. The third-order valence-corrected chi connectivity index (χ3v) is 12.1. The van der Waals surface area contributed by atoms with Gasteiger partial charge in [-0.25, -0.2) is 9.97 Å². The van der Waals surface area contributed by atoms with Gasteiger partial charge in [0.1, 0.15) is 23.6 Å². The standard InChI is InChI=1S/C45H48ClN11O3/c1-26-18-37(58)52-35-11-8-10-32(39(35)51-26)27-13-15-36-33(19-27)38(30-24-50-56(7)25-30)54-57(36)17-9-16-55(6)43-48-22-29(23-49-43)40(59)53-41-44(2,3)42(45(41,4)5)60-31-14-12-28(21-47)34(46)20-31/h8,10-15,19-20,22-26,41-42,51H,9,16-18H2,1-7H3,(H,52,58)(H,53,59)/t26-,41?,42?/m1/s1. The Morgan fingerprint density at radius 1 is 1.07 bits per heavy atom. The molecule has 0 spiro atoms. The Labute approximate surface area is 353 Å². The third-order valence-electron chi connectivity index (χ3n) is 11.8. The van der Waals surface area contributed by atoms with Crippen LogP contribution in [0.4, 0.5) is 17.3 Å². The van der Waals surface area contributed by atoms with Gasteiger partial charge in [0.2, 0.25) is 11.9 Å². The molecule has 60 heavy (non-hydrogen) atoms. The van der Waals surface area contributed by atoms with Crippen molar-refractivity contribution in [2.45, 2.75) is 72.2 Å². The van der Waals surface area contributed by atoms with Gasteiger partial charge in [0.15, 0.2) is 0 Å². The quantitative estimate of drug-likeness (QED) is 0.118. The Morgan fingerprint density at radius 2 is 1.83 bits per heavy atom. The van der Waals surface area contributed by atoms with Crippen LogP contribution >= 0.6 is 11.6 Å². The van der Waals surface area contributed by atoms with Gasteiger partial charge in [0, 0.05) is 97.7 Å². The number of para-hydroxylation sites is 1. The van der Waals surface area contributed by atoms with E-state index in [0.29, 0.717) is 47.4 Å². The molecule has 3 aromatic carbocycles. The fraction of sp³-hybridized carbons (Fsp3) is 0.356. The van der Waals surface area contributed by atoms with Crippen molar-refractivity contribution in [2.75, 3.05) is 29.1 Å². The topological polar surface area (TPSA) is 168 Å². The van der Waals surface area contributed by atoms with Crippen molar-refractivity contribution in [3.05, 3.63) is 95.5 Å². The van der Waals surface area contributed by atoms with E-state index in [9.17, 15) is 14.9 Å². The molecule has 1 aliphatic heterocycles. The van der Waals surface area contributed by atoms with Crippen LogP contribution in [0.5, 0.6) is 5.75 Å². The summed E-state index contributed by atoms with van der Waals surface area (Å²) in [5, 5.41) is 29.9. The van der Waals surface area contributed by atoms with E-state index in [1.807, 2.05) is 55.1 Å². The predicted molar refractivity (Wildman–Crippen MR) is 233 cm³/mol. The van der Waals surface area contributed by atoms with Crippen LogP contribution in [0.3, 0.4) is 0 Å². The molecule has 0 radical (unpaired) electrons. The molecule has 3 aromatic heterocycles. The lowest BCUT2D eigenvalue weighted by atomic mass is 9.49. The van der Waals surface area contributed by atoms with Crippen LogP contribution in [-0.4, -0.2) is 73.1 Å². The number of rotatable bonds is 11. The third kappa shape index (κ3) is 7.49. The summed E-state index contributed by atoms with van der Waals surface area (Å²) in [7, 11) is 3.83. The van der Waals surface area contributed by atoms with Crippen molar-refractivity contribution in [3.8, 4) is 34.2 Å². The number of amides is 2. The minimum Gasteiger partial charge on any atom is -0.489 e. The first kappa shape index (κ1) is 40.3. The van der Waals surface area contributed by atoms with E-state index in [4.69, 9.17) is 21.4 Å². The van der Waals surface area contributed by atoms with Crippen molar-refractivity contribution in [1.29, 1.82) is 5.26 Å². The maximum Gasteiger partial charge on any atom is 0.254 e. The first-order valence-corrected chi connectivity index (χ1v) is 20.4. The van der Waals surface area contributed by atoms with Gasteiger partial charge in [-0.3, -0.25) is 19.0 Å². The summed E-state index contributed by atoms with van der Waals surface area (Å²) in [6.07, 6.45) is 7.85. The number of aryl methyl sites for hydroxylation is 2. The van der Waals surface area contributed by atoms with Crippen molar-refractivity contribution in [1.82, 2.24) is 34.8 Å². The summed E-state index contributed by atoms with van der Waals surface area (Å²) >= 11 is 6.26. The number of halogens is 1. The number of nitrogens with one attached hydrogen (secondary N) is 3. The zero-order valence-corrected chi connectivity index (χ0v) is 35.5. The maximum atomic E-state index is 13.5. The summed E-state index contributed by atoms with van der Waals surface area (Å²) in [6.45, 7) is 11.6. The number of benzene rings is 3. The molecule has 8 rings (SSSR count). The normalized spacial score (nSPS) is 18.9. The summed E-state index contributed by atoms with van der Waals surface area (Å²) in [6, 6.07) is 19.2. The number of anilines is 3. The lowest BCUT2D eigenvalue weighted by molar-refractivity contribution is -0.164. The summed E-state index contributed by atoms with van der Waals surface area (Å²) in [4.78, 5) is 37.1. The minimum absolute atomic E-state index is 0.00794. The fourth-order valence-corrected chi connectivity index (χ4v) is 9.32. The number of hydrogen-bond donors (Lipinski definition) is 3. The van der Waals surface area contributed by atoms with Gasteiger partial charge in [-0.05, 0) is 49.2 Å². The Kier molecular flexibility index (Phi) is 10.5. The van der Waals surface area contributed by atoms with Gasteiger partial charge in [0.05, 0.1) is 39.2 Å². The monoisotopic (exact) mass is 825 g/mol. The molecule has 6 aromatic rings. The molecule has 0 unspecified atom stereocenters. The van der Waals surface area contributed by atoms with E-state index >= 15 is 0 Å². The molecule has 2 aliphatic rings. The van der Waals surface area contributed by atoms with Crippen molar-refractivity contribution in [3.63, 3.8) is 0 Å². The van der Waals surface area contributed by atoms with Crippen molar-refractivity contribution in [2.24, 2.45) is 17.9 Å². The Bertz CT molecular complexity index is 2650. The number of fused-ring (bicyclic) bond motifs is 2. The molecule has 1 atom stereocenters. The van der Waals surface area contributed by atoms with Crippen LogP contribution in [0.15, 0.2) is 79.4 Å². The molecular formula is C45H48ClN11O3. The molecule has 1 aliphatic carbocycles. The number of carbonyl (C=O) groups excluding carboxylic acids is 2. The van der Waals surface area contributed by atoms with E-state index in [0.717, 1.165) is 51.1 Å². The van der Waals surface area contributed by atoms with Gasteiger partial charge in [-0.2, -0.15) is 15.5 Å². The predicted octanol–water partition coefficient (Wildman–Crippen LogP) is 7.70. The average Bonchev–Trinajstić information content (AvgIpc) is 3.77. The van der Waals surface area contributed by atoms with Crippen LogP contribution in [0.2, 0.25) is 5.02 Å². The second-order valence-electron chi connectivity index (χ2n) is 17.1. The lowest BCUT2D eigenvalue weighted by Gasteiger charge is -2.63. The number of carbonyl (C=O) groups is 2. The van der Waals surface area contributed by atoms with E-state index in [2.05, 4.69) is 89.0 Å². The van der Waals surface area contributed by atoms with E-state index < -0.39 is 10.8 Å². The van der Waals surface area contributed by atoms with Crippen LogP contribution in [0.1, 0.15) is 63.4 Å². The zero-order valence-electron chi connectivity index (χ0n) is 34.7. The van der Waals surface area contributed by atoms with Gasteiger partial charge in [-0.1, -0.05) is 57.5 Å². The van der Waals surface area contributed by atoms with Gasteiger partial charge < -0.3 is 25.6 Å².